The second-order valence-corrected chi connectivity index (χ2v) is 7.72. The van der Waals surface area contributed by atoms with Crippen LogP contribution in [0, 0.1) is 0 Å². The van der Waals surface area contributed by atoms with Crippen LogP contribution in [0.4, 0.5) is 0 Å². The Labute approximate surface area is 136 Å². The normalized spacial score (nSPS) is 11.8. The highest BCUT2D eigenvalue weighted by atomic mass is 35.5. The summed E-state index contributed by atoms with van der Waals surface area (Å²) < 4.78 is 5.75. The van der Waals surface area contributed by atoms with Crippen molar-refractivity contribution >= 4 is 22.9 Å². The van der Waals surface area contributed by atoms with Gasteiger partial charge in [0.2, 0.25) is 0 Å². The lowest BCUT2D eigenvalue weighted by Crippen LogP contribution is -2.34. The Morgan fingerprint density at radius 2 is 1.76 bits per heavy atom. The van der Waals surface area contributed by atoms with Crippen molar-refractivity contribution in [3.63, 3.8) is 0 Å². The van der Waals surface area contributed by atoms with Crippen LogP contribution in [0.3, 0.4) is 0 Å². The number of nitrogens with one attached hydrogen (secondary N) is 1. The topological polar surface area (TPSA) is 21.3 Å². The molecule has 114 valence electrons. The quantitative estimate of drug-likeness (QED) is 0.807. The fourth-order valence-corrected chi connectivity index (χ4v) is 2.91. The van der Waals surface area contributed by atoms with Crippen molar-refractivity contribution in [3.8, 4) is 0 Å². The summed E-state index contributed by atoms with van der Waals surface area (Å²) in [6.07, 6.45) is 0. The average molecular weight is 324 g/mol. The molecule has 0 amide bonds. The van der Waals surface area contributed by atoms with Gasteiger partial charge in [0.05, 0.1) is 13.2 Å². The molecule has 0 fully saturated rings. The number of benzene rings is 1. The van der Waals surface area contributed by atoms with Crippen molar-refractivity contribution in [1.29, 1.82) is 0 Å². The zero-order chi connectivity index (χ0) is 15.3. The third-order valence-corrected chi connectivity index (χ3v) is 4.40. The third kappa shape index (κ3) is 5.79. The van der Waals surface area contributed by atoms with E-state index in [4.69, 9.17) is 16.3 Å². The first-order chi connectivity index (χ1) is 9.94. The van der Waals surface area contributed by atoms with Crippen molar-refractivity contribution in [3.05, 3.63) is 56.7 Å². The molecule has 0 spiro atoms. The van der Waals surface area contributed by atoms with Crippen LogP contribution in [-0.2, 0) is 24.5 Å². The minimum absolute atomic E-state index is 0.144. The van der Waals surface area contributed by atoms with Gasteiger partial charge in [-0.05, 0) is 44.5 Å². The van der Waals surface area contributed by atoms with Gasteiger partial charge in [0.1, 0.15) is 0 Å². The minimum Gasteiger partial charge on any atom is -0.371 e. The Bertz CT molecular complexity index is 574. The van der Waals surface area contributed by atoms with Gasteiger partial charge in [-0.15, -0.1) is 11.3 Å². The molecule has 0 aliphatic carbocycles. The average Bonchev–Trinajstić information content (AvgIpc) is 2.86. The Hall–Kier alpha value is -0.870. The number of thiophene rings is 1. The highest BCUT2D eigenvalue weighted by Gasteiger charge is 2.09. The van der Waals surface area contributed by atoms with Gasteiger partial charge in [0, 0.05) is 26.9 Å². The molecule has 2 nitrogen and oxygen atoms in total. The largest absolute Gasteiger partial charge is 0.371 e. The van der Waals surface area contributed by atoms with Crippen molar-refractivity contribution in [1.82, 2.24) is 5.32 Å². The number of rotatable bonds is 6. The van der Waals surface area contributed by atoms with E-state index in [1.807, 2.05) is 24.3 Å². The third-order valence-electron chi connectivity index (χ3n) is 2.97. The monoisotopic (exact) mass is 323 g/mol. The highest BCUT2D eigenvalue weighted by molar-refractivity contribution is 7.11. The molecule has 0 radical (unpaired) electrons. The van der Waals surface area contributed by atoms with Crippen molar-refractivity contribution in [2.75, 3.05) is 0 Å². The van der Waals surface area contributed by atoms with E-state index in [-0.39, 0.29) is 5.54 Å². The summed E-state index contributed by atoms with van der Waals surface area (Å²) in [5, 5.41) is 4.26. The first-order valence-electron chi connectivity index (χ1n) is 7.08. The fraction of sp³-hybridized carbons (Fsp3) is 0.412. The molecule has 2 rings (SSSR count). The molecule has 1 aromatic heterocycles. The molecule has 0 saturated heterocycles. The van der Waals surface area contributed by atoms with E-state index >= 15 is 0 Å². The summed E-state index contributed by atoms with van der Waals surface area (Å²) >= 11 is 7.90. The molecule has 0 bridgehead atoms. The molecule has 0 aliphatic heterocycles. The smallest absolute Gasteiger partial charge is 0.0814 e. The van der Waals surface area contributed by atoms with E-state index in [1.165, 1.54) is 9.75 Å². The maximum Gasteiger partial charge on any atom is 0.0814 e. The molecule has 0 saturated carbocycles. The Kier molecular flexibility index (Phi) is 5.82. The molecule has 2 aromatic rings. The Balaban J connectivity index is 1.79. The summed E-state index contributed by atoms with van der Waals surface area (Å²) in [7, 11) is 0. The molecule has 0 unspecified atom stereocenters. The predicted molar refractivity (Wildman–Crippen MR) is 90.9 cm³/mol. The van der Waals surface area contributed by atoms with E-state index in [0.29, 0.717) is 13.2 Å². The lowest BCUT2D eigenvalue weighted by molar-refractivity contribution is 0.109. The van der Waals surface area contributed by atoms with Crippen LogP contribution < -0.4 is 5.32 Å². The van der Waals surface area contributed by atoms with Gasteiger partial charge in [-0.3, -0.25) is 0 Å². The van der Waals surface area contributed by atoms with Crippen LogP contribution in [-0.4, -0.2) is 5.54 Å². The molecule has 21 heavy (non-hydrogen) atoms. The standard InChI is InChI=1S/C17H22ClNOS/c1-17(2,3)19-10-14-8-9-15(21-14)12-20-11-13-6-4-5-7-16(13)18/h4-9,19H,10-12H2,1-3H3. The molecule has 1 heterocycles. The summed E-state index contributed by atoms with van der Waals surface area (Å²) in [5.74, 6) is 0. The lowest BCUT2D eigenvalue weighted by Gasteiger charge is -2.19. The minimum atomic E-state index is 0.144. The van der Waals surface area contributed by atoms with Gasteiger partial charge in [-0.25, -0.2) is 0 Å². The van der Waals surface area contributed by atoms with Gasteiger partial charge in [-0.1, -0.05) is 29.8 Å². The lowest BCUT2D eigenvalue weighted by atomic mass is 10.1. The van der Waals surface area contributed by atoms with Gasteiger partial charge in [-0.2, -0.15) is 0 Å². The van der Waals surface area contributed by atoms with Gasteiger partial charge in [0.15, 0.2) is 0 Å². The van der Waals surface area contributed by atoms with Crippen LogP contribution in [0.15, 0.2) is 36.4 Å². The van der Waals surface area contributed by atoms with Crippen molar-refractivity contribution in [2.45, 2.75) is 46.1 Å². The fourth-order valence-electron chi connectivity index (χ4n) is 1.82. The summed E-state index contributed by atoms with van der Waals surface area (Å²) in [4.78, 5) is 2.58. The Morgan fingerprint density at radius 3 is 2.48 bits per heavy atom. The maximum atomic E-state index is 6.11. The van der Waals surface area contributed by atoms with Crippen molar-refractivity contribution < 1.29 is 4.74 Å². The van der Waals surface area contributed by atoms with Crippen molar-refractivity contribution in [2.24, 2.45) is 0 Å². The highest BCUT2D eigenvalue weighted by Crippen LogP contribution is 2.20. The van der Waals surface area contributed by atoms with Crippen LogP contribution in [0.2, 0.25) is 5.02 Å². The second kappa shape index (κ2) is 7.41. The maximum absolute atomic E-state index is 6.11. The summed E-state index contributed by atoms with van der Waals surface area (Å²) in [5.41, 5.74) is 1.18. The SMILES string of the molecule is CC(C)(C)NCc1ccc(COCc2ccccc2Cl)s1. The summed E-state index contributed by atoms with van der Waals surface area (Å²) in [6.45, 7) is 8.61. The van der Waals surface area contributed by atoms with E-state index in [9.17, 15) is 0 Å². The molecule has 0 aliphatic rings. The Morgan fingerprint density at radius 1 is 1.05 bits per heavy atom. The molecular formula is C17H22ClNOS. The second-order valence-electron chi connectivity index (χ2n) is 6.06. The molecule has 1 N–H and O–H groups in total. The number of halogens is 1. The van der Waals surface area contributed by atoms with Crippen LogP contribution in [0.5, 0.6) is 0 Å². The number of hydrogen-bond donors (Lipinski definition) is 1. The van der Waals surface area contributed by atoms with Gasteiger partial charge >= 0.3 is 0 Å². The molecular weight excluding hydrogens is 302 g/mol. The van der Waals surface area contributed by atoms with E-state index < -0.39 is 0 Å². The van der Waals surface area contributed by atoms with Crippen LogP contribution in [0.1, 0.15) is 36.1 Å². The zero-order valence-electron chi connectivity index (χ0n) is 12.8. The molecule has 4 heteroatoms. The molecule has 0 atom stereocenters. The zero-order valence-corrected chi connectivity index (χ0v) is 14.4. The number of hydrogen-bond acceptors (Lipinski definition) is 3. The van der Waals surface area contributed by atoms with E-state index in [2.05, 4.69) is 38.2 Å². The van der Waals surface area contributed by atoms with Crippen LogP contribution in [0.25, 0.3) is 0 Å². The van der Waals surface area contributed by atoms with Gasteiger partial charge < -0.3 is 10.1 Å². The van der Waals surface area contributed by atoms with E-state index in [0.717, 1.165) is 17.1 Å². The van der Waals surface area contributed by atoms with Gasteiger partial charge in [0.25, 0.3) is 0 Å². The first-order valence-corrected chi connectivity index (χ1v) is 8.27. The van der Waals surface area contributed by atoms with Crippen LogP contribution >= 0.6 is 22.9 Å². The predicted octanol–water partition coefficient (Wildman–Crippen LogP) is 5.01. The van der Waals surface area contributed by atoms with E-state index in [1.54, 1.807) is 11.3 Å². The number of ether oxygens (including phenoxy) is 1. The molecule has 1 aromatic carbocycles. The first kappa shape index (κ1) is 16.5. The summed E-state index contributed by atoms with van der Waals surface area (Å²) in [6, 6.07) is 12.1.